The molecule has 0 aliphatic carbocycles. The summed E-state index contributed by atoms with van der Waals surface area (Å²) in [5.41, 5.74) is 6.14. The summed E-state index contributed by atoms with van der Waals surface area (Å²) < 4.78 is 33.9. The molecule has 0 saturated carbocycles. The Morgan fingerprint density at radius 3 is 2.00 bits per heavy atom. The second-order valence-electron chi connectivity index (χ2n) is 23.2. The van der Waals surface area contributed by atoms with Crippen molar-refractivity contribution in [1.29, 1.82) is 5.26 Å². The van der Waals surface area contributed by atoms with Crippen LogP contribution in [0.3, 0.4) is 0 Å². The molecule has 2 aromatic carbocycles. The summed E-state index contributed by atoms with van der Waals surface area (Å²) in [5.74, 6) is -7.13. The quantitative estimate of drug-likeness (QED) is 0.0204. The van der Waals surface area contributed by atoms with Crippen molar-refractivity contribution in [2.24, 2.45) is 11.0 Å². The molecule has 3 aliphatic heterocycles. The lowest BCUT2D eigenvalue weighted by molar-refractivity contribution is -0.140. The van der Waals surface area contributed by atoms with Crippen LogP contribution in [0.2, 0.25) is 0 Å². The van der Waals surface area contributed by atoms with Crippen molar-refractivity contribution < 1.29 is 67.2 Å². The summed E-state index contributed by atoms with van der Waals surface area (Å²) in [6.07, 6.45) is 10.2. The maximum Gasteiger partial charge on any atom is 0.317 e. The fourth-order valence-electron chi connectivity index (χ4n) is 11.1. The van der Waals surface area contributed by atoms with Crippen molar-refractivity contribution in [1.82, 2.24) is 55.8 Å². The van der Waals surface area contributed by atoms with Crippen LogP contribution in [0.15, 0.2) is 59.8 Å². The summed E-state index contributed by atoms with van der Waals surface area (Å²) in [5, 5.41) is 51.5. The summed E-state index contributed by atoms with van der Waals surface area (Å²) >= 11 is 0. The number of aliphatic carboxylic acids is 3. The SMILES string of the molecule is Cc1ccc(CCCC(=O)NCCCCC(N/N=C\CCC(=O)N2CCC(CCCCOc3ccc4nccc(C(=O)NCC(=O)N5CC(F)(F)C[C@@H]5C#N)c4c3)CC2)NC(=O)CN2CCN(CC(=O)O)CCN(CC(=O)O)CCN(CC(=O)O)CC2)cc1. The van der Waals surface area contributed by atoms with Gasteiger partial charge in [0.05, 0.1) is 63.0 Å². The minimum atomic E-state index is -3.17. The normalized spacial score (nSPS) is 17.9. The molecular weight excluding hydrogens is 1160 g/mol. The van der Waals surface area contributed by atoms with Gasteiger partial charge >= 0.3 is 17.9 Å². The summed E-state index contributed by atoms with van der Waals surface area (Å²) in [4.78, 5) is 115. The highest BCUT2D eigenvalue weighted by molar-refractivity contribution is 6.07. The second-order valence-corrected chi connectivity index (χ2v) is 23.2. The Hall–Kier alpha value is -7.93. The van der Waals surface area contributed by atoms with Gasteiger partial charge in [-0.2, -0.15) is 10.4 Å². The van der Waals surface area contributed by atoms with Crippen molar-refractivity contribution in [2.45, 2.75) is 115 Å². The van der Waals surface area contributed by atoms with Crippen LogP contribution in [-0.2, 0) is 40.0 Å². The predicted octanol–water partition coefficient (Wildman–Crippen LogP) is 3.40. The second kappa shape index (κ2) is 36.5. The molecule has 27 heteroatoms. The number of aryl methyl sites for hydroxylation is 2. The Kier molecular flexibility index (Phi) is 28.8. The Morgan fingerprint density at radius 1 is 0.753 bits per heavy atom. The monoisotopic (exact) mass is 1240 g/mol. The lowest BCUT2D eigenvalue weighted by Crippen LogP contribution is -2.51. The number of hydrazone groups is 1. The van der Waals surface area contributed by atoms with Crippen molar-refractivity contribution in [3.05, 3.63) is 71.4 Å². The first-order valence-electron chi connectivity index (χ1n) is 30.8. The van der Waals surface area contributed by atoms with E-state index in [1.807, 2.05) is 16.7 Å². The molecule has 2 atom stereocenters. The third-order valence-corrected chi connectivity index (χ3v) is 16.1. The van der Waals surface area contributed by atoms with Gasteiger partial charge < -0.3 is 45.8 Å². The standard InChI is InChI=1S/C62H87F2N13O12/c1-45-13-15-46(16-14-45)9-6-11-54(78)67-22-4-2-10-53(70-55(79)40-72-27-29-73(41-58(82)83)31-33-75(43-60(86)87)34-32-74(30-28-72)42-59(84)85)71-69-23-7-12-56(80)76-25-20-47(21-26-76)8-3-5-35-89-49-17-18-52-51(36-49)50(19-24-66-52)61(88)68-39-57(81)77-44-62(63,64)37-48(77)38-65/h13-19,23-24,36,47-48,53,71H,2-12,20-22,25-35,37,39-44H2,1H3,(H,67,78)(H,68,88)(H,70,79)(H,82,83)(H,84,85)(H,86,87)/b69-23-/t48-,53?/m1/s1. The zero-order valence-electron chi connectivity index (χ0n) is 50.9. The smallest absolute Gasteiger partial charge is 0.317 e. The van der Waals surface area contributed by atoms with Crippen LogP contribution in [0.5, 0.6) is 5.75 Å². The number of nitrogens with one attached hydrogen (secondary N) is 4. The number of aromatic nitrogens is 1. The van der Waals surface area contributed by atoms with Crippen LogP contribution in [0.4, 0.5) is 8.78 Å². The van der Waals surface area contributed by atoms with Crippen LogP contribution in [0.1, 0.15) is 105 Å². The zero-order chi connectivity index (χ0) is 64.1. The van der Waals surface area contributed by atoms with Crippen LogP contribution in [-0.4, -0.2) is 239 Å². The highest BCUT2D eigenvalue weighted by Gasteiger charge is 2.47. The molecular formula is C62H87F2N13O12. The van der Waals surface area contributed by atoms with Crippen molar-refractivity contribution >= 4 is 64.6 Å². The van der Waals surface area contributed by atoms with E-state index in [-0.39, 0.29) is 108 Å². The third-order valence-electron chi connectivity index (χ3n) is 16.1. The Labute approximate surface area is 518 Å². The van der Waals surface area contributed by atoms with E-state index in [1.54, 1.807) is 45.2 Å². The molecule has 0 spiro atoms. The van der Waals surface area contributed by atoms with Gasteiger partial charge in [-0.05, 0) is 107 Å². The summed E-state index contributed by atoms with van der Waals surface area (Å²) in [6.45, 7) is 3.78. The van der Waals surface area contributed by atoms with Gasteiger partial charge in [-0.15, -0.1) is 0 Å². The number of likely N-dealkylation sites (tertiary alicyclic amines) is 2. The van der Waals surface area contributed by atoms with Crippen molar-refractivity contribution in [2.75, 3.05) is 118 Å². The number of ether oxygens (including phenoxy) is 1. The molecule has 4 heterocycles. The van der Waals surface area contributed by atoms with Gasteiger partial charge in [0.2, 0.25) is 23.6 Å². The third kappa shape index (κ3) is 25.6. The number of carboxylic acids is 3. The van der Waals surface area contributed by atoms with E-state index < -0.39 is 67.4 Å². The highest BCUT2D eigenvalue weighted by atomic mass is 19.3. The molecule has 25 nitrogen and oxygen atoms in total. The van der Waals surface area contributed by atoms with Gasteiger partial charge in [0.1, 0.15) is 18.0 Å². The van der Waals surface area contributed by atoms with Gasteiger partial charge in [0.25, 0.3) is 11.8 Å². The molecule has 486 valence electrons. The van der Waals surface area contributed by atoms with E-state index in [2.05, 4.69) is 55.7 Å². The van der Waals surface area contributed by atoms with E-state index >= 15 is 0 Å². The first kappa shape index (κ1) is 70.2. The number of nitrogens with zero attached hydrogens (tertiary/aromatic N) is 9. The molecule has 3 aromatic rings. The zero-order valence-corrected chi connectivity index (χ0v) is 50.9. The summed E-state index contributed by atoms with van der Waals surface area (Å²) in [7, 11) is 0. The lowest BCUT2D eigenvalue weighted by atomic mass is 9.91. The van der Waals surface area contributed by atoms with E-state index in [0.29, 0.717) is 80.9 Å². The number of halogens is 2. The molecule has 1 aromatic heterocycles. The number of carbonyl (C=O) groups excluding carboxylic acids is 5. The van der Waals surface area contributed by atoms with Gasteiger partial charge in [-0.25, -0.2) is 8.78 Å². The number of hydrogen-bond acceptors (Lipinski definition) is 17. The first-order valence-corrected chi connectivity index (χ1v) is 30.8. The molecule has 89 heavy (non-hydrogen) atoms. The number of amides is 5. The van der Waals surface area contributed by atoms with Gasteiger partial charge in [0, 0.05) is 109 Å². The van der Waals surface area contributed by atoms with Crippen molar-refractivity contribution in [3.8, 4) is 11.8 Å². The fraction of sp³-hybridized carbons (Fsp3) is 0.597. The van der Waals surface area contributed by atoms with Gasteiger partial charge in [-0.3, -0.25) is 68.4 Å². The Balaban J connectivity index is 0.936. The minimum Gasteiger partial charge on any atom is -0.494 e. The van der Waals surface area contributed by atoms with Gasteiger partial charge in [-0.1, -0.05) is 36.2 Å². The molecule has 5 amide bonds. The lowest BCUT2D eigenvalue weighted by Gasteiger charge is -2.33. The van der Waals surface area contributed by atoms with Crippen molar-refractivity contribution in [3.63, 3.8) is 0 Å². The van der Waals surface area contributed by atoms with E-state index in [1.165, 1.54) is 23.4 Å². The molecule has 0 radical (unpaired) electrons. The molecule has 3 aliphatic rings. The van der Waals surface area contributed by atoms with Crippen LogP contribution < -0.4 is 26.1 Å². The largest absolute Gasteiger partial charge is 0.494 e. The van der Waals surface area contributed by atoms with E-state index in [0.717, 1.165) is 49.8 Å². The number of hydrogen-bond donors (Lipinski definition) is 7. The Morgan fingerprint density at radius 2 is 1.38 bits per heavy atom. The molecule has 3 saturated heterocycles. The number of carboxylic acid groups (broad SMARTS) is 3. The number of fused-ring (bicyclic) bond motifs is 1. The van der Waals surface area contributed by atoms with E-state index in [4.69, 9.17) is 4.74 Å². The molecule has 3 fully saturated rings. The van der Waals surface area contributed by atoms with Crippen LogP contribution in [0.25, 0.3) is 10.9 Å². The highest BCUT2D eigenvalue weighted by Crippen LogP contribution is 2.32. The first-order chi connectivity index (χ1) is 42.7. The number of alkyl halides is 2. The van der Waals surface area contributed by atoms with Crippen LogP contribution >= 0.6 is 0 Å². The number of rotatable bonds is 32. The number of nitriles is 1. The Bertz CT molecular complexity index is 2880. The number of benzene rings is 2. The van der Waals surface area contributed by atoms with E-state index in [9.17, 15) is 67.7 Å². The minimum absolute atomic E-state index is 0.0146. The molecule has 0 bridgehead atoms. The molecule has 6 rings (SSSR count). The number of piperidine rings is 1. The predicted molar refractivity (Wildman–Crippen MR) is 326 cm³/mol. The maximum absolute atomic E-state index is 13.9. The van der Waals surface area contributed by atoms with Crippen LogP contribution in [0, 0.1) is 24.2 Å². The average Bonchev–Trinajstić information content (AvgIpc) is 2.34. The topological polar surface area (TPSA) is 323 Å². The average molecular weight is 1240 g/mol. The fourth-order valence-corrected chi connectivity index (χ4v) is 11.1. The maximum atomic E-state index is 13.9. The number of unbranched alkanes of at least 4 members (excludes halogenated alkanes) is 2. The number of carbonyl (C=O) groups is 8. The molecule has 1 unspecified atom stereocenters. The summed E-state index contributed by atoms with van der Waals surface area (Å²) in [6, 6.07) is 15.4. The number of pyridine rings is 1. The van der Waals surface area contributed by atoms with Gasteiger partial charge in [0.15, 0.2) is 0 Å². The molecule has 7 N–H and O–H groups in total.